The lowest BCUT2D eigenvalue weighted by atomic mass is 10.1. The molecule has 1 aromatic heterocycles. The molecule has 0 saturated heterocycles. The molecule has 1 aliphatic rings. The van der Waals surface area contributed by atoms with E-state index in [1.54, 1.807) is 29.2 Å². The first kappa shape index (κ1) is 19.9. The van der Waals surface area contributed by atoms with Crippen LogP contribution >= 0.6 is 0 Å². The van der Waals surface area contributed by atoms with Crippen LogP contribution in [0.5, 0.6) is 5.75 Å². The van der Waals surface area contributed by atoms with Crippen LogP contribution in [0.2, 0.25) is 0 Å². The number of carbonyl (C=O) groups excluding carboxylic acids is 1. The standard InChI is InChI=1S/C23H25N3O4/c1-15(2)29-23(28)26(18-5-3-4-6-18)19-11-7-16(8-12-19)21-24-22(30-25-21)17-9-13-20(27)14-10-17/h7-15,18,27H,3-6H2,1-2H3. The van der Waals surface area contributed by atoms with Gasteiger partial charge in [0.25, 0.3) is 5.89 Å². The Morgan fingerprint density at radius 1 is 1.07 bits per heavy atom. The lowest BCUT2D eigenvalue weighted by Gasteiger charge is -2.29. The van der Waals surface area contributed by atoms with Crippen molar-refractivity contribution in [1.29, 1.82) is 0 Å². The van der Waals surface area contributed by atoms with Gasteiger partial charge in [0.05, 0.1) is 6.10 Å². The number of aromatic nitrogens is 2. The first-order valence-electron chi connectivity index (χ1n) is 10.2. The molecule has 0 atom stereocenters. The topological polar surface area (TPSA) is 88.7 Å². The van der Waals surface area contributed by atoms with Gasteiger partial charge in [-0.3, -0.25) is 4.90 Å². The molecule has 1 N–H and O–H groups in total. The number of benzene rings is 2. The first-order valence-corrected chi connectivity index (χ1v) is 10.2. The number of carbonyl (C=O) groups is 1. The molecule has 1 aliphatic carbocycles. The summed E-state index contributed by atoms with van der Waals surface area (Å²) < 4.78 is 10.8. The van der Waals surface area contributed by atoms with Crippen LogP contribution in [0.4, 0.5) is 10.5 Å². The van der Waals surface area contributed by atoms with Gasteiger partial charge in [-0.2, -0.15) is 4.98 Å². The maximum absolute atomic E-state index is 12.7. The minimum absolute atomic E-state index is 0.161. The lowest BCUT2D eigenvalue weighted by Crippen LogP contribution is -2.40. The van der Waals surface area contributed by atoms with Gasteiger partial charge in [-0.15, -0.1) is 0 Å². The molecule has 7 heteroatoms. The quantitative estimate of drug-likeness (QED) is 0.609. The normalized spacial score (nSPS) is 14.2. The van der Waals surface area contributed by atoms with E-state index >= 15 is 0 Å². The maximum atomic E-state index is 12.7. The minimum atomic E-state index is -0.307. The van der Waals surface area contributed by atoms with Crippen LogP contribution in [0.1, 0.15) is 39.5 Å². The smallest absolute Gasteiger partial charge is 0.414 e. The largest absolute Gasteiger partial charge is 0.508 e. The van der Waals surface area contributed by atoms with E-state index < -0.39 is 0 Å². The molecule has 1 fully saturated rings. The Balaban J connectivity index is 1.56. The highest BCUT2D eigenvalue weighted by molar-refractivity contribution is 5.88. The van der Waals surface area contributed by atoms with Gasteiger partial charge in [0.2, 0.25) is 5.82 Å². The van der Waals surface area contributed by atoms with Crippen LogP contribution in [0.3, 0.4) is 0 Å². The second-order valence-corrected chi connectivity index (χ2v) is 7.76. The Kier molecular flexibility index (Phi) is 5.70. The summed E-state index contributed by atoms with van der Waals surface area (Å²) in [4.78, 5) is 18.9. The fourth-order valence-electron chi connectivity index (χ4n) is 3.72. The zero-order valence-corrected chi connectivity index (χ0v) is 17.1. The summed E-state index contributed by atoms with van der Waals surface area (Å²) in [5.41, 5.74) is 2.32. The van der Waals surface area contributed by atoms with E-state index in [4.69, 9.17) is 9.26 Å². The monoisotopic (exact) mass is 407 g/mol. The van der Waals surface area contributed by atoms with Crippen molar-refractivity contribution in [2.24, 2.45) is 0 Å². The average Bonchev–Trinajstić information content (AvgIpc) is 3.41. The number of hydrogen-bond acceptors (Lipinski definition) is 6. The third-order valence-electron chi connectivity index (χ3n) is 5.17. The Bertz CT molecular complexity index is 990. The average molecular weight is 407 g/mol. The molecule has 1 saturated carbocycles. The second-order valence-electron chi connectivity index (χ2n) is 7.76. The molecule has 0 aliphatic heterocycles. The zero-order chi connectivity index (χ0) is 21.1. The molecule has 30 heavy (non-hydrogen) atoms. The van der Waals surface area contributed by atoms with Crippen LogP contribution in [0, 0.1) is 0 Å². The highest BCUT2D eigenvalue weighted by atomic mass is 16.6. The van der Waals surface area contributed by atoms with E-state index in [0.717, 1.165) is 42.5 Å². The van der Waals surface area contributed by atoms with E-state index in [1.807, 2.05) is 38.1 Å². The van der Waals surface area contributed by atoms with Crippen molar-refractivity contribution in [2.45, 2.75) is 51.7 Å². The summed E-state index contributed by atoms with van der Waals surface area (Å²) in [6.07, 6.45) is 3.73. The van der Waals surface area contributed by atoms with Crippen molar-refractivity contribution in [1.82, 2.24) is 10.1 Å². The fraction of sp³-hybridized carbons (Fsp3) is 0.348. The predicted molar refractivity (Wildman–Crippen MR) is 113 cm³/mol. The number of hydrogen-bond donors (Lipinski definition) is 1. The number of ether oxygens (including phenoxy) is 1. The number of rotatable bonds is 5. The highest BCUT2D eigenvalue weighted by Crippen LogP contribution is 2.31. The molecular formula is C23H25N3O4. The van der Waals surface area contributed by atoms with Crippen molar-refractivity contribution in [3.63, 3.8) is 0 Å². The Labute approximate surface area is 175 Å². The summed E-state index contributed by atoms with van der Waals surface area (Å²) >= 11 is 0. The molecule has 0 unspecified atom stereocenters. The third kappa shape index (κ3) is 4.30. The van der Waals surface area contributed by atoms with Gasteiger partial charge in [0.1, 0.15) is 5.75 Å². The van der Waals surface area contributed by atoms with Crippen molar-refractivity contribution in [3.05, 3.63) is 48.5 Å². The molecule has 1 amide bonds. The molecular weight excluding hydrogens is 382 g/mol. The molecule has 4 rings (SSSR count). The van der Waals surface area contributed by atoms with E-state index in [9.17, 15) is 9.90 Å². The molecule has 2 aromatic carbocycles. The number of amides is 1. The van der Waals surface area contributed by atoms with Gasteiger partial charge in [-0.05, 0) is 75.2 Å². The maximum Gasteiger partial charge on any atom is 0.414 e. The molecule has 0 bridgehead atoms. The van der Waals surface area contributed by atoms with Crippen molar-refractivity contribution >= 4 is 11.8 Å². The number of anilines is 1. The summed E-state index contributed by atoms with van der Waals surface area (Å²) in [6.45, 7) is 3.71. The van der Waals surface area contributed by atoms with Crippen LogP contribution in [0.15, 0.2) is 53.1 Å². The summed E-state index contributed by atoms with van der Waals surface area (Å²) in [5.74, 6) is 1.01. The molecule has 0 radical (unpaired) electrons. The van der Waals surface area contributed by atoms with Gasteiger partial charge >= 0.3 is 6.09 Å². The van der Waals surface area contributed by atoms with Gasteiger partial charge in [0.15, 0.2) is 0 Å². The van der Waals surface area contributed by atoms with Gasteiger partial charge in [0, 0.05) is 22.9 Å². The van der Waals surface area contributed by atoms with Crippen molar-refractivity contribution in [2.75, 3.05) is 4.90 Å². The lowest BCUT2D eigenvalue weighted by molar-refractivity contribution is 0.120. The zero-order valence-electron chi connectivity index (χ0n) is 17.1. The van der Waals surface area contributed by atoms with Crippen molar-refractivity contribution in [3.8, 4) is 28.6 Å². The Morgan fingerprint density at radius 3 is 2.33 bits per heavy atom. The molecule has 3 aromatic rings. The Hall–Kier alpha value is -3.35. The minimum Gasteiger partial charge on any atom is -0.508 e. The number of phenols is 1. The molecule has 156 valence electrons. The SMILES string of the molecule is CC(C)OC(=O)N(c1ccc(-c2noc(-c3ccc(O)cc3)n2)cc1)C1CCCC1. The number of aromatic hydroxyl groups is 1. The highest BCUT2D eigenvalue weighted by Gasteiger charge is 2.29. The summed E-state index contributed by atoms with van der Waals surface area (Å²) in [5, 5.41) is 13.5. The van der Waals surface area contributed by atoms with E-state index in [1.165, 1.54) is 0 Å². The van der Waals surface area contributed by atoms with Crippen LogP contribution in [0.25, 0.3) is 22.8 Å². The van der Waals surface area contributed by atoms with Gasteiger partial charge in [-0.25, -0.2) is 4.79 Å². The van der Waals surface area contributed by atoms with E-state index in [2.05, 4.69) is 10.1 Å². The fourth-order valence-corrected chi connectivity index (χ4v) is 3.72. The van der Waals surface area contributed by atoms with E-state index in [-0.39, 0.29) is 24.0 Å². The first-order chi connectivity index (χ1) is 14.5. The molecule has 0 spiro atoms. The predicted octanol–water partition coefficient (Wildman–Crippen LogP) is 5.40. The van der Waals surface area contributed by atoms with Gasteiger partial charge < -0.3 is 14.4 Å². The van der Waals surface area contributed by atoms with Gasteiger partial charge in [-0.1, -0.05) is 18.0 Å². The Morgan fingerprint density at radius 2 is 1.70 bits per heavy atom. The summed E-state index contributed by atoms with van der Waals surface area (Å²) in [6, 6.07) is 14.3. The van der Waals surface area contributed by atoms with Crippen LogP contribution in [-0.2, 0) is 4.74 Å². The van der Waals surface area contributed by atoms with Crippen LogP contribution in [-0.4, -0.2) is 33.5 Å². The molecule has 1 heterocycles. The van der Waals surface area contributed by atoms with Crippen molar-refractivity contribution < 1.29 is 19.2 Å². The molecule has 7 nitrogen and oxygen atoms in total. The van der Waals surface area contributed by atoms with E-state index in [0.29, 0.717) is 11.7 Å². The third-order valence-corrected chi connectivity index (χ3v) is 5.17. The number of phenolic OH excluding ortho intramolecular Hbond substituents is 1. The second kappa shape index (κ2) is 8.57. The number of nitrogens with zero attached hydrogens (tertiary/aromatic N) is 3. The summed E-state index contributed by atoms with van der Waals surface area (Å²) in [7, 11) is 0. The van der Waals surface area contributed by atoms with Crippen LogP contribution < -0.4 is 4.90 Å².